The van der Waals surface area contributed by atoms with E-state index in [0.29, 0.717) is 19.4 Å². The molecule has 0 radical (unpaired) electrons. The second-order valence-corrected chi connectivity index (χ2v) is 13.2. The summed E-state index contributed by atoms with van der Waals surface area (Å²) in [6.45, 7) is 6.40. The van der Waals surface area contributed by atoms with Crippen LogP contribution in [0.4, 0.5) is 0 Å². The Kier molecular flexibility index (Phi) is 16.2. The van der Waals surface area contributed by atoms with E-state index in [1.54, 1.807) is 0 Å². The highest BCUT2D eigenvalue weighted by atomic mass is 31.2. The fourth-order valence-corrected chi connectivity index (χ4v) is 6.40. The van der Waals surface area contributed by atoms with E-state index in [4.69, 9.17) is 37.3 Å². The van der Waals surface area contributed by atoms with Crippen LogP contribution in [0.15, 0.2) is 91.0 Å². The molecule has 0 spiro atoms. The molecule has 1 aliphatic heterocycles. The fourth-order valence-electron chi connectivity index (χ4n) is 5.07. The van der Waals surface area contributed by atoms with E-state index in [1.807, 2.05) is 105 Å². The van der Waals surface area contributed by atoms with Gasteiger partial charge < -0.3 is 23.7 Å². The topological polar surface area (TPSA) is 108 Å². The van der Waals surface area contributed by atoms with E-state index in [1.165, 1.54) is 6.92 Å². The van der Waals surface area contributed by atoms with Gasteiger partial charge in [-0.25, -0.2) is 4.57 Å². The molecule has 3 aromatic rings. The summed E-state index contributed by atoms with van der Waals surface area (Å²) in [5.74, 6) is -0.597. The minimum absolute atomic E-state index is 0.0733. The van der Waals surface area contributed by atoms with Gasteiger partial charge in [0.25, 0.3) is 0 Å². The molecule has 0 unspecified atom stereocenters. The minimum Gasteiger partial charge on any atom is -0.454 e. The number of phosphoric acid groups is 1. The highest BCUT2D eigenvalue weighted by Gasteiger charge is 2.52. The summed E-state index contributed by atoms with van der Waals surface area (Å²) in [4.78, 5) is 12.6. The van der Waals surface area contributed by atoms with Gasteiger partial charge in [0.2, 0.25) is 6.29 Å². The first-order valence-electron chi connectivity index (χ1n) is 16.7. The summed E-state index contributed by atoms with van der Waals surface area (Å²) >= 11 is 0. The molecule has 1 fully saturated rings. The normalized spacial score (nSPS) is 21.2. The minimum atomic E-state index is -4.17. The molecule has 48 heavy (non-hydrogen) atoms. The molecular weight excluding hydrogens is 635 g/mol. The molecule has 0 bridgehead atoms. The molecule has 10 nitrogen and oxygen atoms in total. The smallest absolute Gasteiger partial charge is 0.454 e. The fraction of sp³-hybridized carbons (Fsp3) is 0.486. The van der Waals surface area contributed by atoms with Gasteiger partial charge in [-0.2, -0.15) is 0 Å². The Morgan fingerprint density at radius 1 is 0.688 bits per heavy atom. The molecule has 4 rings (SSSR count). The quantitative estimate of drug-likeness (QED) is 0.0627. The molecule has 0 saturated carbocycles. The van der Waals surface area contributed by atoms with Crippen LogP contribution in [-0.4, -0.2) is 56.5 Å². The van der Waals surface area contributed by atoms with Crippen molar-refractivity contribution in [2.24, 2.45) is 0 Å². The van der Waals surface area contributed by atoms with E-state index < -0.39 is 44.5 Å². The molecule has 0 aromatic heterocycles. The molecule has 0 N–H and O–H groups in total. The summed E-state index contributed by atoms with van der Waals surface area (Å²) in [7, 11) is -4.17. The molecule has 3 aromatic carbocycles. The summed E-state index contributed by atoms with van der Waals surface area (Å²) in [5, 5.41) is 0. The van der Waals surface area contributed by atoms with Crippen molar-refractivity contribution in [2.75, 3.05) is 19.8 Å². The van der Waals surface area contributed by atoms with Crippen molar-refractivity contribution in [3.63, 3.8) is 0 Å². The maximum Gasteiger partial charge on any atom is 0.477 e. The first kappa shape index (κ1) is 37.9. The SMILES string of the molecule is CCCCOP(=O)(OCCCC)O[C@H]1O[C@H](COCc2ccccc2)[C@@H](OCc2ccccc2)[C@H](OCc2ccccc2)[C@@H]1OC(C)=O. The number of carbonyl (C=O) groups excluding carboxylic acids is 1. The third-order valence-corrected chi connectivity index (χ3v) is 9.05. The second kappa shape index (κ2) is 20.6. The number of unbranched alkanes of at least 4 members (excludes halogenated alkanes) is 2. The van der Waals surface area contributed by atoms with Crippen LogP contribution in [0.2, 0.25) is 0 Å². The average Bonchev–Trinajstić information content (AvgIpc) is 3.09. The van der Waals surface area contributed by atoms with Crippen LogP contribution in [-0.2, 0) is 66.4 Å². The van der Waals surface area contributed by atoms with Gasteiger partial charge in [0.1, 0.15) is 18.3 Å². The highest BCUT2D eigenvalue weighted by Crippen LogP contribution is 2.52. The van der Waals surface area contributed by atoms with Gasteiger partial charge in [-0.05, 0) is 29.5 Å². The lowest BCUT2D eigenvalue weighted by atomic mass is 9.98. The molecule has 262 valence electrons. The third kappa shape index (κ3) is 12.5. The van der Waals surface area contributed by atoms with Crippen molar-refractivity contribution >= 4 is 13.8 Å². The lowest BCUT2D eigenvalue weighted by Crippen LogP contribution is -2.62. The highest BCUT2D eigenvalue weighted by molar-refractivity contribution is 7.48. The lowest BCUT2D eigenvalue weighted by molar-refractivity contribution is -0.305. The first-order valence-corrected chi connectivity index (χ1v) is 18.2. The number of esters is 1. The van der Waals surface area contributed by atoms with Crippen LogP contribution in [0.25, 0.3) is 0 Å². The second-order valence-electron chi connectivity index (χ2n) is 11.6. The molecule has 0 amide bonds. The van der Waals surface area contributed by atoms with Gasteiger partial charge in [-0.3, -0.25) is 18.4 Å². The van der Waals surface area contributed by atoms with Gasteiger partial charge in [0.05, 0.1) is 39.6 Å². The Hall–Kier alpha value is -2.92. The van der Waals surface area contributed by atoms with E-state index >= 15 is 0 Å². The van der Waals surface area contributed by atoms with Crippen molar-refractivity contribution in [1.82, 2.24) is 0 Å². The third-order valence-electron chi connectivity index (χ3n) is 7.59. The summed E-state index contributed by atoms with van der Waals surface area (Å²) in [6, 6.07) is 29.1. The van der Waals surface area contributed by atoms with Crippen LogP contribution in [0.1, 0.15) is 63.1 Å². The summed E-state index contributed by atoms with van der Waals surface area (Å²) in [6.07, 6.45) is -2.11. The Morgan fingerprint density at radius 3 is 1.65 bits per heavy atom. The van der Waals surface area contributed by atoms with Gasteiger partial charge in [0.15, 0.2) is 6.10 Å². The van der Waals surface area contributed by atoms with Crippen molar-refractivity contribution in [1.29, 1.82) is 0 Å². The molecule has 11 heteroatoms. The van der Waals surface area contributed by atoms with Gasteiger partial charge in [-0.1, -0.05) is 118 Å². The zero-order valence-electron chi connectivity index (χ0n) is 28.1. The van der Waals surface area contributed by atoms with Crippen molar-refractivity contribution in [3.05, 3.63) is 108 Å². The van der Waals surface area contributed by atoms with Crippen LogP contribution < -0.4 is 0 Å². The standard InChI is InChI=1S/C37H49O10P/c1-4-6-23-43-48(39,44-24-7-5-2)47-37-36(45-29(3)38)35(42-27-32-21-15-10-16-22-32)34(41-26-31-19-13-9-14-20-31)33(46-37)28-40-25-30-17-11-8-12-18-30/h8-22,33-37H,4-7,23-28H2,1-3H3/t33-,34-,35+,36+,37-/m1/s1. The number of rotatable bonds is 21. The van der Waals surface area contributed by atoms with E-state index in [2.05, 4.69) is 0 Å². The van der Waals surface area contributed by atoms with E-state index in [9.17, 15) is 9.36 Å². The van der Waals surface area contributed by atoms with Crippen molar-refractivity contribution in [2.45, 2.75) is 97.0 Å². The number of carbonyl (C=O) groups is 1. The number of ether oxygens (including phenoxy) is 5. The molecule has 1 heterocycles. The number of phosphoric ester groups is 1. The molecule has 5 atom stereocenters. The largest absolute Gasteiger partial charge is 0.477 e. The van der Waals surface area contributed by atoms with Crippen LogP contribution in [0.3, 0.4) is 0 Å². The number of hydrogen-bond donors (Lipinski definition) is 0. The average molecular weight is 685 g/mol. The van der Waals surface area contributed by atoms with Gasteiger partial charge >= 0.3 is 13.8 Å². The molecule has 0 aliphatic carbocycles. The van der Waals surface area contributed by atoms with Crippen LogP contribution in [0.5, 0.6) is 0 Å². The van der Waals surface area contributed by atoms with E-state index in [0.717, 1.165) is 29.5 Å². The maximum absolute atomic E-state index is 14.1. The predicted molar refractivity (Wildman–Crippen MR) is 181 cm³/mol. The molecular formula is C37H49O10P. The Balaban J connectivity index is 1.67. The van der Waals surface area contributed by atoms with Crippen molar-refractivity contribution < 1.29 is 46.6 Å². The first-order chi connectivity index (χ1) is 23.4. The lowest BCUT2D eigenvalue weighted by Gasteiger charge is -2.45. The number of benzene rings is 3. The zero-order chi connectivity index (χ0) is 34.0. The zero-order valence-corrected chi connectivity index (χ0v) is 29.0. The Bertz CT molecular complexity index is 1350. The van der Waals surface area contributed by atoms with Crippen LogP contribution >= 0.6 is 7.82 Å². The maximum atomic E-state index is 14.1. The van der Waals surface area contributed by atoms with E-state index in [-0.39, 0.29) is 33.0 Å². The molecule has 1 saturated heterocycles. The number of hydrogen-bond acceptors (Lipinski definition) is 10. The monoisotopic (exact) mass is 684 g/mol. The summed E-state index contributed by atoms with van der Waals surface area (Å²) < 4.78 is 63.1. The Labute approximate surface area is 284 Å². The Morgan fingerprint density at radius 2 is 1.17 bits per heavy atom. The predicted octanol–water partition coefficient (Wildman–Crippen LogP) is 7.79. The van der Waals surface area contributed by atoms with Gasteiger partial charge in [0, 0.05) is 6.92 Å². The van der Waals surface area contributed by atoms with Gasteiger partial charge in [-0.15, -0.1) is 0 Å². The summed E-state index contributed by atoms with van der Waals surface area (Å²) in [5.41, 5.74) is 2.82. The van der Waals surface area contributed by atoms with Crippen molar-refractivity contribution in [3.8, 4) is 0 Å². The molecule has 1 aliphatic rings. The van der Waals surface area contributed by atoms with Crippen LogP contribution in [0, 0.1) is 0 Å².